The SMILES string of the molecule is COc1ccc(C(C)N2CCN(c3ccccn3)CC2)cc1. The number of benzene rings is 1. The Labute approximate surface area is 132 Å². The minimum atomic E-state index is 0.428. The van der Waals surface area contributed by atoms with Crippen molar-refractivity contribution >= 4 is 5.82 Å². The van der Waals surface area contributed by atoms with Gasteiger partial charge in [-0.15, -0.1) is 0 Å². The zero-order chi connectivity index (χ0) is 15.4. The second-order valence-electron chi connectivity index (χ2n) is 5.66. The molecule has 1 aliphatic rings. The number of hydrogen-bond donors (Lipinski definition) is 0. The van der Waals surface area contributed by atoms with E-state index in [1.54, 1.807) is 7.11 Å². The smallest absolute Gasteiger partial charge is 0.128 e. The van der Waals surface area contributed by atoms with Gasteiger partial charge in [-0.05, 0) is 36.8 Å². The molecule has 1 aromatic carbocycles. The fourth-order valence-electron chi connectivity index (χ4n) is 2.97. The molecule has 0 saturated carbocycles. The van der Waals surface area contributed by atoms with Crippen LogP contribution in [-0.4, -0.2) is 43.2 Å². The molecule has 2 heterocycles. The summed E-state index contributed by atoms with van der Waals surface area (Å²) in [7, 11) is 1.70. The van der Waals surface area contributed by atoms with Gasteiger partial charge in [0.05, 0.1) is 7.11 Å². The quantitative estimate of drug-likeness (QED) is 0.867. The number of aromatic nitrogens is 1. The molecule has 0 bridgehead atoms. The fourth-order valence-corrected chi connectivity index (χ4v) is 2.97. The van der Waals surface area contributed by atoms with Crippen LogP contribution in [0.4, 0.5) is 5.82 Å². The van der Waals surface area contributed by atoms with E-state index in [0.717, 1.165) is 37.7 Å². The van der Waals surface area contributed by atoms with E-state index in [0.29, 0.717) is 6.04 Å². The lowest BCUT2D eigenvalue weighted by atomic mass is 10.1. The van der Waals surface area contributed by atoms with Crippen LogP contribution >= 0.6 is 0 Å². The van der Waals surface area contributed by atoms with Crippen molar-refractivity contribution in [1.82, 2.24) is 9.88 Å². The molecule has 0 aliphatic carbocycles. The van der Waals surface area contributed by atoms with Crippen LogP contribution < -0.4 is 9.64 Å². The molecule has 4 heteroatoms. The predicted molar refractivity (Wildman–Crippen MR) is 89.4 cm³/mol. The normalized spacial score (nSPS) is 17.3. The van der Waals surface area contributed by atoms with Gasteiger partial charge in [0.25, 0.3) is 0 Å². The molecule has 0 N–H and O–H groups in total. The molecule has 3 rings (SSSR count). The summed E-state index contributed by atoms with van der Waals surface area (Å²) in [5, 5.41) is 0. The summed E-state index contributed by atoms with van der Waals surface area (Å²) < 4.78 is 5.23. The van der Waals surface area contributed by atoms with Crippen molar-refractivity contribution in [2.45, 2.75) is 13.0 Å². The number of hydrogen-bond acceptors (Lipinski definition) is 4. The lowest BCUT2D eigenvalue weighted by Crippen LogP contribution is -2.47. The van der Waals surface area contributed by atoms with Crippen LogP contribution in [0.1, 0.15) is 18.5 Å². The van der Waals surface area contributed by atoms with Crippen molar-refractivity contribution in [1.29, 1.82) is 0 Å². The van der Waals surface area contributed by atoms with Crippen LogP contribution in [-0.2, 0) is 0 Å². The molecule has 1 aromatic heterocycles. The van der Waals surface area contributed by atoms with Crippen LogP contribution in [0, 0.1) is 0 Å². The number of piperazine rings is 1. The van der Waals surface area contributed by atoms with Gasteiger partial charge in [-0.1, -0.05) is 18.2 Å². The van der Waals surface area contributed by atoms with Crippen LogP contribution in [0.2, 0.25) is 0 Å². The summed E-state index contributed by atoms with van der Waals surface area (Å²) >= 11 is 0. The van der Waals surface area contributed by atoms with Crippen molar-refractivity contribution in [2.75, 3.05) is 38.2 Å². The second-order valence-corrected chi connectivity index (χ2v) is 5.66. The maximum atomic E-state index is 5.23. The van der Waals surface area contributed by atoms with Gasteiger partial charge in [0.2, 0.25) is 0 Å². The van der Waals surface area contributed by atoms with E-state index in [9.17, 15) is 0 Å². The third-order valence-corrected chi connectivity index (χ3v) is 4.43. The molecule has 2 aromatic rings. The first kappa shape index (κ1) is 14.9. The molecule has 4 nitrogen and oxygen atoms in total. The van der Waals surface area contributed by atoms with Crippen molar-refractivity contribution in [2.24, 2.45) is 0 Å². The summed E-state index contributed by atoms with van der Waals surface area (Å²) in [5.74, 6) is 2.00. The van der Waals surface area contributed by atoms with Crippen LogP contribution in [0.5, 0.6) is 5.75 Å². The van der Waals surface area contributed by atoms with Gasteiger partial charge in [0.15, 0.2) is 0 Å². The molecular weight excluding hydrogens is 274 g/mol. The van der Waals surface area contributed by atoms with Gasteiger partial charge in [0.1, 0.15) is 11.6 Å². The molecule has 116 valence electrons. The number of anilines is 1. The summed E-state index contributed by atoms with van der Waals surface area (Å²) in [6.07, 6.45) is 1.86. The standard InChI is InChI=1S/C18H23N3O/c1-15(16-6-8-17(22-2)9-7-16)20-11-13-21(14-12-20)18-5-3-4-10-19-18/h3-10,15H,11-14H2,1-2H3. The Bertz CT molecular complexity index is 577. The molecular formula is C18H23N3O. The maximum absolute atomic E-state index is 5.23. The van der Waals surface area contributed by atoms with E-state index in [4.69, 9.17) is 4.74 Å². The zero-order valence-corrected chi connectivity index (χ0v) is 13.3. The molecule has 1 saturated heterocycles. The number of rotatable bonds is 4. The van der Waals surface area contributed by atoms with Crippen molar-refractivity contribution in [3.63, 3.8) is 0 Å². The Morgan fingerprint density at radius 2 is 1.73 bits per heavy atom. The molecule has 0 radical (unpaired) electrons. The maximum Gasteiger partial charge on any atom is 0.128 e. The van der Waals surface area contributed by atoms with Crippen molar-refractivity contribution < 1.29 is 4.74 Å². The molecule has 1 fully saturated rings. The highest BCUT2D eigenvalue weighted by molar-refractivity contribution is 5.38. The topological polar surface area (TPSA) is 28.6 Å². The monoisotopic (exact) mass is 297 g/mol. The van der Waals surface area contributed by atoms with Gasteiger partial charge < -0.3 is 9.64 Å². The molecule has 1 aliphatic heterocycles. The summed E-state index contributed by atoms with van der Waals surface area (Å²) in [6, 6.07) is 14.9. The summed E-state index contributed by atoms with van der Waals surface area (Å²) in [5.41, 5.74) is 1.34. The van der Waals surface area contributed by atoms with Gasteiger partial charge in [-0.25, -0.2) is 4.98 Å². The minimum absolute atomic E-state index is 0.428. The van der Waals surface area contributed by atoms with E-state index in [-0.39, 0.29) is 0 Å². The van der Waals surface area contributed by atoms with E-state index in [1.165, 1.54) is 5.56 Å². The van der Waals surface area contributed by atoms with E-state index in [1.807, 2.05) is 24.4 Å². The van der Waals surface area contributed by atoms with Crippen molar-refractivity contribution in [3.8, 4) is 5.75 Å². The molecule has 1 atom stereocenters. The average Bonchev–Trinajstić information content (AvgIpc) is 2.62. The van der Waals surface area contributed by atoms with Crippen LogP contribution in [0.25, 0.3) is 0 Å². The summed E-state index contributed by atoms with van der Waals surface area (Å²) in [4.78, 5) is 9.33. The Morgan fingerprint density at radius 3 is 2.32 bits per heavy atom. The first-order valence-electron chi connectivity index (χ1n) is 7.82. The van der Waals surface area contributed by atoms with E-state index < -0.39 is 0 Å². The number of methoxy groups -OCH3 is 1. The third-order valence-electron chi connectivity index (χ3n) is 4.43. The number of ether oxygens (including phenoxy) is 1. The number of nitrogens with zero attached hydrogens (tertiary/aromatic N) is 3. The Morgan fingerprint density at radius 1 is 1.00 bits per heavy atom. The van der Waals surface area contributed by atoms with E-state index in [2.05, 4.69) is 46.0 Å². The average molecular weight is 297 g/mol. The fraction of sp³-hybridized carbons (Fsp3) is 0.389. The van der Waals surface area contributed by atoms with Gasteiger partial charge >= 0.3 is 0 Å². The Hall–Kier alpha value is -2.07. The van der Waals surface area contributed by atoms with Gasteiger partial charge in [0, 0.05) is 38.4 Å². The Kier molecular flexibility index (Phi) is 4.59. The van der Waals surface area contributed by atoms with Crippen LogP contribution in [0.3, 0.4) is 0 Å². The molecule has 0 spiro atoms. The lowest BCUT2D eigenvalue weighted by Gasteiger charge is -2.38. The zero-order valence-electron chi connectivity index (χ0n) is 13.3. The largest absolute Gasteiger partial charge is 0.497 e. The van der Waals surface area contributed by atoms with Crippen molar-refractivity contribution in [3.05, 3.63) is 54.2 Å². The van der Waals surface area contributed by atoms with Crippen LogP contribution in [0.15, 0.2) is 48.7 Å². The highest BCUT2D eigenvalue weighted by Crippen LogP contribution is 2.24. The number of pyridine rings is 1. The minimum Gasteiger partial charge on any atom is -0.497 e. The van der Waals surface area contributed by atoms with Gasteiger partial charge in [-0.3, -0.25) is 4.90 Å². The Balaban J connectivity index is 1.60. The molecule has 22 heavy (non-hydrogen) atoms. The first-order chi connectivity index (χ1) is 10.8. The second kappa shape index (κ2) is 6.79. The van der Waals surface area contributed by atoms with E-state index >= 15 is 0 Å². The first-order valence-corrected chi connectivity index (χ1v) is 7.82. The predicted octanol–water partition coefficient (Wildman–Crippen LogP) is 2.97. The highest BCUT2D eigenvalue weighted by Gasteiger charge is 2.22. The highest BCUT2D eigenvalue weighted by atomic mass is 16.5. The molecule has 1 unspecified atom stereocenters. The summed E-state index contributed by atoms with van der Waals surface area (Å²) in [6.45, 7) is 6.45. The lowest BCUT2D eigenvalue weighted by molar-refractivity contribution is 0.198. The third kappa shape index (κ3) is 3.22. The van der Waals surface area contributed by atoms with Gasteiger partial charge in [-0.2, -0.15) is 0 Å². The molecule has 0 amide bonds.